The van der Waals surface area contributed by atoms with Crippen LogP contribution in [0.3, 0.4) is 0 Å². The third-order valence-corrected chi connectivity index (χ3v) is 4.83. The molecule has 0 amide bonds. The van der Waals surface area contributed by atoms with Gasteiger partial charge in [0, 0.05) is 32.1 Å². The zero-order chi connectivity index (χ0) is 11.7. The number of piperidine rings is 1. The first-order chi connectivity index (χ1) is 8.34. The van der Waals surface area contributed by atoms with Gasteiger partial charge in [0.05, 0.1) is 6.04 Å². The summed E-state index contributed by atoms with van der Waals surface area (Å²) in [6.45, 7) is 4.74. The fourth-order valence-corrected chi connectivity index (χ4v) is 3.81. The second-order valence-corrected chi connectivity index (χ2v) is 5.91. The summed E-state index contributed by atoms with van der Waals surface area (Å²) in [5, 5.41) is 0. The fraction of sp³-hybridized carbons (Fsp3) is 0.929. The van der Waals surface area contributed by atoms with Crippen LogP contribution in [0.15, 0.2) is 0 Å². The molecule has 3 fully saturated rings. The average Bonchev–Trinajstić information content (AvgIpc) is 2.39. The summed E-state index contributed by atoms with van der Waals surface area (Å²) in [5.41, 5.74) is 0. The monoisotopic (exact) mass is 236 g/mol. The second-order valence-electron chi connectivity index (χ2n) is 5.91. The average molecular weight is 236 g/mol. The maximum Gasteiger partial charge on any atom is 0.149 e. The van der Waals surface area contributed by atoms with Crippen molar-refractivity contribution in [3.8, 4) is 0 Å². The van der Waals surface area contributed by atoms with Crippen LogP contribution in [0.5, 0.6) is 0 Å². The zero-order valence-electron chi connectivity index (χ0n) is 10.7. The quantitative estimate of drug-likeness (QED) is 0.692. The summed E-state index contributed by atoms with van der Waals surface area (Å²) >= 11 is 0. The molecule has 0 aromatic heterocycles. The number of ketones is 1. The number of carbonyl (C=O) groups is 1. The molecular formula is C14H24N2O. The molecule has 0 radical (unpaired) electrons. The Bertz CT molecular complexity index is 292. The lowest BCUT2D eigenvalue weighted by Gasteiger charge is -2.46. The van der Waals surface area contributed by atoms with E-state index in [0.29, 0.717) is 5.78 Å². The van der Waals surface area contributed by atoms with E-state index in [1.165, 1.54) is 38.8 Å². The Hall–Kier alpha value is -0.410. The van der Waals surface area contributed by atoms with Gasteiger partial charge in [-0.05, 0) is 32.2 Å². The van der Waals surface area contributed by atoms with E-state index >= 15 is 0 Å². The van der Waals surface area contributed by atoms with Gasteiger partial charge < -0.3 is 0 Å². The van der Waals surface area contributed by atoms with Crippen molar-refractivity contribution in [2.24, 2.45) is 0 Å². The second kappa shape index (κ2) is 5.07. The SMILES string of the molecule is O=C1CCCCC1N1CCN2CCCCC2C1. The Morgan fingerprint density at radius 3 is 2.59 bits per heavy atom. The fourth-order valence-electron chi connectivity index (χ4n) is 3.81. The summed E-state index contributed by atoms with van der Waals surface area (Å²) in [7, 11) is 0. The molecule has 3 nitrogen and oxygen atoms in total. The van der Waals surface area contributed by atoms with Crippen molar-refractivity contribution < 1.29 is 4.79 Å². The lowest BCUT2D eigenvalue weighted by Crippen LogP contribution is -2.58. The topological polar surface area (TPSA) is 23.6 Å². The maximum absolute atomic E-state index is 12.0. The van der Waals surface area contributed by atoms with E-state index in [1.807, 2.05) is 0 Å². The standard InChI is InChI=1S/C14H24N2O/c17-14-7-2-1-6-13(14)16-10-9-15-8-4-3-5-12(15)11-16/h12-13H,1-11H2. The molecule has 17 heavy (non-hydrogen) atoms. The molecule has 0 N–H and O–H groups in total. The smallest absolute Gasteiger partial charge is 0.149 e. The van der Waals surface area contributed by atoms with Crippen LogP contribution in [0, 0.1) is 0 Å². The van der Waals surface area contributed by atoms with Crippen LogP contribution in [0.25, 0.3) is 0 Å². The summed E-state index contributed by atoms with van der Waals surface area (Å²) in [4.78, 5) is 17.1. The van der Waals surface area contributed by atoms with Crippen molar-refractivity contribution in [1.82, 2.24) is 9.80 Å². The predicted molar refractivity (Wildman–Crippen MR) is 68.0 cm³/mol. The van der Waals surface area contributed by atoms with Crippen molar-refractivity contribution in [3.05, 3.63) is 0 Å². The van der Waals surface area contributed by atoms with Gasteiger partial charge in [-0.2, -0.15) is 0 Å². The minimum atomic E-state index is 0.271. The van der Waals surface area contributed by atoms with Gasteiger partial charge >= 0.3 is 0 Å². The van der Waals surface area contributed by atoms with Crippen LogP contribution < -0.4 is 0 Å². The molecule has 3 rings (SSSR count). The first kappa shape index (κ1) is 11.7. The van der Waals surface area contributed by atoms with Gasteiger partial charge in [0.15, 0.2) is 0 Å². The summed E-state index contributed by atoms with van der Waals surface area (Å²) in [6.07, 6.45) is 8.42. The van der Waals surface area contributed by atoms with Gasteiger partial charge in [0.1, 0.15) is 5.78 Å². The molecule has 2 atom stereocenters. The van der Waals surface area contributed by atoms with Crippen LogP contribution in [0.2, 0.25) is 0 Å². The number of fused-ring (bicyclic) bond motifs is 1. The van der Waals surface area contributed by atoms with Crippen molar-refractivity contribution in [2.75, 3.05) is 26.2 Å². The van der Waals surface area contributed by atoms with Crippen LogP contribution in [0.4, 0.5) is 0 Å². The zero-order valence-corrected chi connectivity index (χ0v) is 10.7. The summed E-state index contributed by atoms with van der Waals surface area (Å²) in [5.74, 6) is 0.514. The van der Waals surface area contributed by atoms with Gasteiger partial charge in [-0.25, -0.2) is 0 Å². The molecule has 0 bridgehead atoms. The Balaban J connectivity index is 1.62. The van der Waals surface area contributed by atoms with E-state index in [9.17, 15) is 4.79 Å². The Morgan fingerprint density at radius 2 is 1.71 bits per heavy atom. The molecule has 3 aliphatic rings. The molecule has 96 valence electrons. The van der Waals surface area contributed by atoms with Gasteiger partial charge in [-0.15, -0.1) is 0 Å². The third-order valence-electron chi connectivity index (χ3n) is 4.83. The molecule has 0 aromatic rings. The number of hydrogen-bond acceptors (Lipinski definition) is 3. The largest absolute Gasteiger partial charge is 0.298 e. The Kier molecular flexibility index (Phi) is 3.48. The number of rotatable bonds is 1. The maximum atomic E-state index is 12.0. The van der Waals surface area contributed by atoms with Crippen LogP contribution in [-0.4, -0.2) is 53.8 Å². The molecule has 1 aliphatic carbocycles. The van der Waals surface area contributed by atoms with Gasteiger partial charge in [-0.3, -0.25) is 14.6 Å². The third kappa shape index (κ3) is 2.41. The van der Waals surface area contributed by atoms with Gasteiger partial charge in [0.2, 0.25) is 0 Å². The molecule has 0 aromatic carbocycles. The van der Waals surface area contributed by atoms with Crippen LogP contribution >= 0.6 is 0 Å². The van der Waals surface area contributed by atoms with E-state index in [-0.39, 0.29) is 6.04 Å². The van der Waals surface area contributed by atoms with E-state index in [4.69, 9.17) is 0 Å². The highest BCUT2D eigenvalue weighted by atomic mass is 16.1. The van der Waals surface area contributed by atoms with Gasteiger partial charge in [0.25, 0.3) is 0 Å². The van der Waals surface area contributed by atoms with E-state index in [0.717, 1.165) is 38.4 Å². The molecule has 0 spiro atoms. The number of nitrogens with zero attached hydrogens (tertiary/aromatic N) is 2. The minimum Gasteiger partial charge on any atom is -0.298 e. The Labute approximate surface area is 104 Å². The highest BCUT2D eigenvalue weighted by Crippen LogP contribution is 2.26. The molecule has 2 saturated heterocycles. The molecule has 3 heteroatoms. The number of carbonyl (C=O) groups excluding carboxylic acids is 1. The minimum absolute atomic E-state index is 0.271. The van der Waals surface area contributed by atoms with Crippen molar-refractivity contribution in [2.45, 2.75) is 57.0 Å². The number of piperazine rings is 1. The van der Waals surface area contributed by atoms with Crippen LogP contribution in [-0.2, 0) is 4.79 Å². The van der Waals surface area contributed by atoms with Crippen molar-refractivity contribution in [1.29, 1.82) is 0 Å². The number of hydrogen-bond donors (Lipinski definition) is 0. The Morgan fingerprint density at radius 1 is 0.882 bits per heavy atom. The number of Topliss-reactive ketones (excluding diaryl/α,β-unsaturated/α-hetero) is 1. The molecule has 2 unspecified atom stereocenters. The molecule has 2 heterocycles. The highest BCUT2D eigenvalue weighted by Gasteiger charge is 2.35. The van der Waals surface area contributed by atoms with Crippen molar-refractivity contribution in [3.63, 3.8) is 0 Å². The molecule has 1 saturated carbocycles. The first-order valence-electron chi connectivity index (χ1n) is 7.35. The summed E-state index contributed by atoms with van der Waals surface area (Å²) < 4.78 is 0. The van der Waals surface area contributed by atoms with E-state index in [2.05, 4.69) is 9.80 Å². The van der Waals surface area contributed by atoms with Crippen molar-refractivity contribution >= 4 is 5.78 Å². The lowest BCUT2D eigenvalue weighted by molar-refractivity contribution is -0.127. The molecular weight excluding hydrogens is 212 g/mol. The summed E-state index contributed by atoms with van der Waals surface area (Å²) in [6, 6.07) is 1.01. The molecule has 2 aliphatic heterocycles. The normalized spacial score (nSPS) is 36.8. The van der Waals surface area contributed by atoms with E-state index in [1.54, 1.807) is 0 Å². The lowest BCUT2D eigenvalue weighted by atomic mass is 9.90. The highest BCUT2D eigenvalue weighted by molar-refractivity contribution is 5.84. The van der Waals surface area contributed by atoms with Crippen LogP contribution in [0.1, 0.15) is 44.9 Å². The van der Waals surface area contributed by atoms with E-state index < -0.39 is 0 Å². The predicted octanol–water partition coefficient (Wildman–Crippen LogP) is 1.67. The first-order valence-corrected chi connectivity index (χ1v) is 7.35. The van der Waals surface area contributed by atoms with Gasteiger partial charge in [-0.1, -0.05) is 12.8 Å².